The van der Waals surface area contributed by atoms with Gasteiger partial charge in [-0.05, 0) is 92.0 Å². The molecule has 2 N–H and O–H groups in total. The fourth-order valence-corrected chi connectivity index (χ4v) is 6.15. The van der Waals surface area contributed by atoms with Crippen molar-refractivity contribution in [2.45, 2.75) is 80.6 Å². The van der Waals surface area contributed by atoms with Crippen LogP contribution in [-0.4, -0.2) is 48.0 Å². The van der Waals surface area contributed by atoms with Crippen molar-refractivity contribution in [3.05, 3.63) is 92.0 Å². The van der Waals surface area contributed by atoms with Crippen LogP contribution in [-0.2, 0) is 40.6 Å². The largest absolute Gasteiger partial charge is 0.481 e. The lowest BCUT2D eigenvalue weighted by Crippen LogP contribution is -2.35. The zero-order valence-corrected chi connectivity index (χ0v) is 33.6. The number of aryl methyl sites for hydroxylation is 1. The van der Waals surface area contributed by atoms with Crippen LogP contribution in [0.2, 0.25) is 10.0 Å². The van der Waals surface area contributed by atoms with E-state index in [0.717, 1.165) is 58.2 Å². The molecular formula is C41H49Cl2N3O8. The number of carbonyl (C=O) groups is 1. The molecule has 13 heteroatoms. The van der Waals surface area contributed by atoms with Gasteiger partial charge in [0, 0.05) is 24.2 Å². The number of rotatable bonds is 18. The SMILES string of the molecule is COc1nc(OCc2cccc(-c3cccc(COc4nc(OC)c(CNCC(C)(C)C(=O)O)cc4Cl)c3C)c2C)c(Cl)cc1CCCC(C)C.O=C=O. The van der Waals surface area contributed by atoms with Gasteiger partial charge in [-0.15, -0.1) is 0 Å². The molecule has 2 heterocycles. The molecule has 0 saturated carbocycles. The van der Waals surface area contributed by atoms with Crippen molar-refractivity contribution in [1.82, 2.24) is 15.3 Å². The van der Waals surface area contributed by atoms with Crippen molar-refractivity contribution >= 4 is 35.3 Å². The van der Waals surface area contributed by atoms with Crippen LogP contribution < -0.4 is 24.3 Å². The van der Waals surface area contributed by atoms with Gasteiger partial charge in [0.25, 0.3) is 0 Å². The first-order valence-electron chi connectivity index (χ1n) is 17.5. The minimum absolute atomic E-state index is 0.237. The van der Waals surface area contributed by atoms with Crippen molar-refractivity contribution in [2.75, 3.05) is 20.8 Å². The molecule has 0 saturated heterocycles. The number of carboxylic acid groups (broad SMARTS) is 1. The fraction of sp³-hybridized carbons (Fsp3) is 0.415. The predicted octanol–water partition coefficient (Wildman–Crippen LogP) is 8.84. The van der Waals surface area contributed by atoms with Gasteiger partial charge in [0.05, 0.1) is 19.6 Å². The minimum Gasteiger partial charge on any atom is -0.481 e. The highest BCUT2D eigenvalue weighted by Crippen LogP contribution is 2.35. The highest BCUT2D eigenvalue weighted by Gasteiger charge is 2.27. The maximum atomic E-state index is 11.4. The third kappa shape index (κ3) is 11.9. The third-order valence-corrected chi connectivity index (χ3v) is 9.49. The third-order valence-electron chi connectivity index (χ3n) is 8.95. The van der Waals surface area contributed by atoms with Crippen LogP contribution in [0.25, 0.3) is 11.1 Å². The summed E-state index contributed by atoms with van der Waals surface area (Å²) in [7, 11) is 3.14. The van der Waals surface area contributed by atoms with E-state index in [-0.39, 0.29) is 25.2 Å². The zero-order chi connectivity index (χ0) is 40.0. The molecule has 0 spiro atoms. The Hall–Kier alpha value is -4.67. The molecule has 290 valence electrons. The molecule has 0 unspecified atom stereocenters. The van der Waals surface area contributed by atoms with E-state index in [1.54, 1.807) is 27.0 Å². The van der Waals surface area contributed by atoms with Crippen LogP contribution >= 0.6 is 23.2 Å². The summed E-state index contributed by atoms with van der Waals surface area (Å²) in [5.74, 6) is 1.23. The Morgan fingerprint density at radius 2 is 1.28 bits per heavy atom. The summed E-state index contributed by atoms with van der Waals surface area (Å²) in [5.41, 5.74) is 7.03. The van der Waals surface area contributed by atoms with E-state index in [4.69, 9.17) is 51.7 Å². The van der Waals surface area contributed by atoms with Crippen molar-refractivity contribution < 1.29 is 38.4 Å². The quantitative estimate of drug-likeness (QED) is 0.0998. The number of hydrogen-bond donors (Lipinski definition) is 2. The number of benzene rings is 2. The first-order valence-corrected chi connectivity index (χ1v) is 18.3. The smallest absolute Gasteiger partial charge is 0.373 e. The normalized spacial score (nSPS) is 11.0. The van der Waals surface area contributed by atoms with E-state index in [1.165, 1.54) is 7.11 Å². The van der Waals surface area contributed by atoms with E-state index in [9.17, 15) is 9.90 Å². The molecule has 4 aromatic rings. The van der Waals surface area contributed by atoms with E-state index < -0.39 is 11.4 Å². The predicted molar refractivity (Wildman–Crippen MR) is 208 cm³/mol. The Labute approximate surface area is 327 Å². The van der Waals surface area contributed by atoms with Crippen LogP contribution in [0.1, 0.15) is 73.9 Å². The van der Waals surface area contributed by atoms with Gasteiger partial charge in [-0.25, -0.2) is 0 Å². The lowest BCUT2D eigenvalue weighted by atomic mass is 9.92. The van der Waals surface area contributed by atoms with Gasteiger partial charge in [-0.1, -0.05) is 79.9 Å². The Kier molecular flexibility index (Phi) is 16.8. The maximum absolute atomic E-state index is 11.4. The molecule has 0 aliphatic heterocycles. The minimum atomic E-state index is -0.923. The first kappa shape index (κ1) is 43.7. The molecule has 0 bridgehead atoms. The summed E-state index contributed by atoms with van der Waals surface area (Å²) < 4.78 is 23.4. The summed E-state index contributed by atoms with van der Waals surface area (Å²) in [4.78, 5) is 36.8. The fourth-order valence-electron chi connectivity index (χ4n) is 5.69. The number of halogens is 2. The van der Waals surface area contributed by atoms with Gasteiger partial charge >= 0.3 is 12.1 Å². The van der Waals surface area contributed by atoms with Crippen LogP contribution in [0.15, 0.2) is 48.5 Å². The van der Waals surface area contributed by atoms with E-state index in [1.807, 2.05) is 30.3 Å². The number of hydrogen-bond acceptors (Lipinski definition) is 10. The number of pyridine rings is 2. The van der Waals surface area contributed by atoms with Crippen LogP contribution in [0.5, 0.6) is 23.5 Å². The van der Waals surface area contributed by atoms with Crippen LogP contribution in [0.3, 0.4) is 0 Å². The van der Waals surface area contributed by atoms with Gasteiger partial charge < -0.3 is 29.4 Å². The molecule has 2 aromatic carbocycles. The second kappa shape index (κ2) is 20.7. The lowest BCUT2D eigenvalue weighted by molar-refractivity contribution is -0.191. The molecule has 0 fully saturated rings. The number of nitrogens with one attached hydrogen (secondary N) is 1. The summed E-state index contributed by atoms with van der Waals surface area (Å²) in [5, 5.41) is 13.3. The van der Waals surface area contributed by atoms with Gasteiger partial charge in [0.2, 0.25) is 23.5 Å². The second-order valence-electron chi connectivity index (χ2n) is 13.8. The molecule has 0 radical (unpaired) electrons. The van der Waals surface area contributed by atoms with Crippen molar-refractivity contribution in [1.29, 1.82) is 0 Å². The standard InChI is InChI=1S/C40H49Cl2N3O6.CO2/c1-24(2)12-9-13-27-18-33(41)37(44-35(27)48-7)50-21-28-14-10-16-31(25(28)3)32-17-11-15-29(26(32)4)22-51-38-34(42)19-30(36(45-38)49-8)20-43-23-40(5,6)39(46)47;2-1-3/h10-11,14-19,24,43H,9,12-13,20-23H2,1-8H3,(H,46,47);. The monoisotopic (exact) mass is 781 g/mol. The lowest BCUT2D eigenvalue weighted by Gasteiger charge is -2.20. The summed E-state index contributed by atoms with van der Waals surface area (Å²) in [6.45, 7) is 13.0. The van der Waals surface area contributed by atoms with Gasteiger partial charge in [0.1, 0.15) is 23.3 Å². The molecule has 2 aromatic heterocycles. The molecule has 4 rings (SSSR count). The molecule has 11 nitrogen and oxygen atoms in total. The van der Waals surface area contributed by atoms with Crippen molar-refractivity contribution in [3.63, 3.8) is 0 Å². The summed E-state index contributed by atoms with van der Waals surface area (Å²) in [6, 6.07) is 15.9. The highest BCUT2D eigenvalue weighted by molar-refractivity contribution is 6.32. The number of nitrogens with zero attached hydrogens (tertiary/aromatic N) is 2. The highest BCUT2D eigenvalue weighted by atomic mass is 35.5. The number of carboxylic acids is 1. The Morgan fingerprint density at radius 3 is 1.72 bits per heavy atom. The Balaban J connectivity index is 0.00000253. The molecule has 0 aliphatic rings. The van der Waals surface area contributed by atoms with E-state index >= 15 is 0 Å². The Bertz CT molecular complexity index is 1930. The molecule has 0 atom stereocenters. The molecule has 0 aliphatic carbocycles. The number of ether oxygens (including phenoxy) is 4. The average molecular weight is 783 g/mol. The topological polar surface area (TPSA) is 146 Å². The van der Waals surface area contributed by atoms with Gasteiger partial charge in [0.15, 0.2) is 0 Å². The molecular weight excluding hydrogens is 733 g/mol. The van der Waals surface area contributed by atoms with Crippen LogP contribution in [0, 0.1) is 25.2 Å². The second-order valence-corrected chi connectivity index (χ2v) is 14.6. The zero-order valence-electron chi connectivity index (χ0n) is 32.1. The maximum Gasteiger partial charge on any atom is 0.373 e. The molecule has 54 heavy (non-hydrogen) atoms. The average Bonchev–Trinajstić information content (AvgIpc) is 3.12. The van der Waals surface area contributed by atoms with E-state index in [0.29, 0.717) is 52.3 Å². The van der Waals surface area contributed by atoms with Crippen molar-refractivity contribution in [3.8, 4) is 34.6 Å². The van der Waals surface area contributed by atoms with Crippen LogP contribution in [0.4, 0.5) is 0 Å². The van der Waals surface area contributed by atoms with Crippen molar-refractivity contribution in [2.24, 2.45) is 11.3 Å². The van der Waals surface area contributed by atoms with Gasteiger partial charge in [-0.3, -0.25) is 4.79 Å². The number of carbonyl (C=O) groups excluding carboxylic acids is 2. The number of methoxy groups -OCH3 is 2. The summed E-state index contributed by atoms with van der Waals surface area (Å²) in [6.07, 6.45) is 3.25. The number of aromatic nitrogens is 2. The summed E-state index contributed by atoms with van der Waals surface area (Å²) >= 11 is 13.2. The van der Waals surface area contributed by atoms with E-state index in [2.05, 4.69) is 55.1 Å². The van der Waals surface area contributed by atoms with Gasteiger partial charge in [-0.2, -0.15) is 19.6 Å². The first-order chi connectivity index (χ1) is 25.7. The molecule has 0 amide bonds. The number of aliphatic carboxylic acids is 1. The Morgan fingerprint density at radius 1 is 0.815 bits per heavy atom.